The number of halogens is 3. The highest BCUT2D eigenvalue weighted by Gasteiger charge is 2.38. The van der Waals surface area contributed by atoms with Crippen LogP contribution in [0.15, 0.2) is 18.7 Å². The van der Waals surface area contributed by atoms with E-state index in [0.29, 0.717) is 54.0 Å². The van der Waals surface area contributed by atoms with Gasteiger partial charge >= 0.3 is 12.2 Å². The van der Waals surface area contributed by atoms with Crippen LogP contribution in [0, 0.1) is 0 Å². The summed E-state index contributed by atoms with van der Waals surface area (Å²) in [5.74, 6) is 0.316. The monoisotopic (exact) mass is 526 g/mol. The van der Waals surface area contributed by atoms with Gasteiger partial charge < -0.3 is 19.3 Å². The molecule has 1 fully saturated rings. The van der Waals surface area contributed by atoms with Gasteiger partial charge in [0.05, 0.1) is 6.61 Å². The summed E-state index contributed by atoms with van der Waals surface area (Å²) in [7, 11) is 1.53. The van der Waals surface area contributed by atoms with E-state index in [-0.39, 0.29) is 36.8 Å². The second-order valence-corrected chi connectivity index (χ2v) is 9.01. The number of piperazine rings is 1. The second kappa shape index (κ2) is 10.7. The van der Waals surface area contributed by atoms with Crippen LogP contribution < -0.4 is 9.64 Å². The number of carbonyl (C=O) groups is 1. The van der Waals surface area contributed by atoms with Crippen LogP contribution in [0.2, 0.25) is 0 Å². The highest BCUT2D eigenvalue weighted by Crippen LogP contribution is 2.43. The molecule has 0 aromatic carbocycles. The summed E-state index contributed by atoms with van der Waals surface area (Å²) in [6.07, 6.45) is -0.327. The Labute approximate surface area is 208 Å². The first-order valence-electron chi connectivity index (χ1n) is 11.1. The molecule has 15 heteroatoms. The van der Waals surface area contributed by atoms with Gasteiger partial charge in [0, 0.05) is 50.7 Å². The van der Waals surface area contributed by atoms with Crippen molar-refractivity contribution in [2.45, 2.75) is 39.2 Å². The van der Waals surface area contributed by atoms with Crippen LogP contribution in [0.3, 0.4) is 0 Å². The van der Waals surface area contributed by atoms with Gasteiger partial charge in [0.2, 0.25) is 10.9 Å². The number of alkyl halides is 3. The van der Waals surface area contributed by atoms with Crippen molar-refractivity contribution in [2.24, 2.45) is 0 Å². The third kappa shape index (κ3) is 5.73. The lowest BCUT2D eigenvalue weighted by molar-refractivity contribution is -0.137. The fourth-order valence-corrected chi connectivity index (χ4v) is 4.82. The molecule has 3 aromatic rings. The smallest absolute Gasteiger partial charge is 0.443 e. The van der Waals surface area contributed by atoms with Crippen LogP contribution in [0.4, 0.5) is 18.2 Å². The first-order chi connectivity index (χ1) is 17.2. The molecule has 0 saturated carbocycles. The Balaban J connectivity index is 1.51. The molecule has 1 saturated heterocycles. The highest BCUT2D eigenvalue weighted by atomic mass is 32.1. The predicted octanol–water partition coefficient (Wildman–Crippen LogP) is 2.49. The Morgan fingerprint density at radius 2 is 1.97 bits per heavy atom. The average Bonchev–Trinajstić information content (AvgIpc) is 3.47. The number of anilines is 1. The molecule has 1 unspecified atom stereocenters. The molecule has 0 radical (unpaired) electrons. The van der Waals surface area contributed by atoms with E-state index in [1.807, 2.05) is 11.8 Å². The fraction of sp³-hybridized carbons (Fsp3) is 0.524. The zero-order chi connectivity index (χ0) is 25.9. The summed E-state index contributed by atoms with van der Waals surface area (Å²) < 4.78 is 52.3. The lowest BCUT2D eigenvalue weighted by Gasteiger charge is -2.40. The first-order valence-corrected chi connectivity index (χ1v) is 12.0. The summed E-state index contributed by atoms with van der Waals surface area (Å²) in [6, 6.07) is -0.120. The van der Waals surface area contributed by atoms with Crippen molar-refractivity contribution in [3.8, 4) is 17.3 Å². The van der Waals surface area contributed by atoms with Crippen molar-refractivity contribution in [2.75, 3.05) is 38.3 Å². The van der Waals surface area contributed by atoms with Crippen LogP contribution in [-0.2, 0) is 28.9 Å². The zero-order valence-electron chi connectivity index (χ0n) is 19.9. The maximum absolute atomic E-state index is 13.5. The Morgan fingerprint density at radius 1 is 1.22 bits per heavy atom. The number of rotatable bonds is 8. The SMILES string of the molecule is CCOc1ncc(-c2nc(C(F)(F)F)sc2N2CCN(C(=O)Cn3cnc(COC)n3)C(C)C2)cn1. The Morgan fingerprint density at radius 3 is 2.61 bits per heavy atom. The number of aromatic nitrogens is 6. The summed E-state index contributed by atoms with van der Waals surface area (Å²) in [6.45, 7) is 5.26. The number of amides is 1. The second-order valence-electron chi connectivity index (χ2n) is 8.03. The lowest BCUT2D eigenvalue weighted by atomic mass is 10.1. The van der Waals surface area contributed by atoms with Crippen molar-refractivity contribution in [1.82, 2.24) is 34.6 Å². The van der Waals surface area contributed by atoms with Crippen molar-refractivity contribution in [3.63, 3.8) is 0 Å². The Bertz CT molecular complexity index is 1180. The van der Waals surface area contributed by atoms with E-state index in [1.54, 1.807) is 11.8 Å². The number of hydrogen-bond donors (Lipinski definition) is 0. The Hall–Kier alpha value is -3.33. The minimum Gasteiger partial charge on any atom is -0.464 e. The molecule has 0 spiro atoms. The molecular formula is C21H25F3N8O3S. The van der Waals surface area contributed by atoms with Gasteiger partial charge in [0.1, 0.15) is 30.2 Å². The number of ether oxygens (including phenoxy) is 2. The number of hydrogen-bond acceptors (Lipinski definition) is 10. The van der Waals surface area contributed by atoms with Gasteiger partial charge in [-0.2, -0.15) is 18.3 Å². The van der Waals surface area contributed by atoms with Gasteiger partial charge in [-0.3, -0.25) is 4.79 Å². The number of methoxy groups -OCH3 is 1. The molecule has 1 aliphatic heterocycles. The molecular weight excluding hydrogens is 501 g/mol. The molecule has 194 valence electrons. The zero-order valence-corrected chi connectivity index (χ0v) is 20.7. The molecule has 1 atom stereocenters. The van der Waals surface area contributed by atoms with E-state index in [2.05, 4.69) is 25.0 Å². The highest BCUT2D eigenvalue weighted by molar-refractivity contribution is 7.16. The van der Waals surface area contributed by atoms with Gasteiger partial charge in [-0.05, 0) is 13.8 Å². The van der Waals surface area contributed by atoms with Crippen LogP contribution >= 0.6 is 11.3 Å². The first kappa shape index (κ1) is 25.8. The van der Waals surface area contributed by atoms with Crippen molar-refractivity contribution in [1.29, 1.82) is 0 Å². The number of carbonyl (C=O) groups excluding carboxylic acids is 1. The van der Waals surface area contributed by atoms with Crippen molar-refractivity contribution < 1.29 is 27.4 Å². The summed E-state index contributed by atoms with van der Waals surface area (Å²) in [5, 5.41) is 3.60. The molecule has 11 nitrogen and oxygen atoms in total. The lowest BCUT2D eigenvalue weighted by Crippen LogP contribution is -2.54. The van der Waals surface area contributed by atoms with Crippen LogP contribution in [0.1, 0.15) is 24.7 Å². The van der Waals surface area contributed by atoms with Gasteiger partial charge in [0.15, 0.2) is 5.82 Å². The van der Waals surface area contributed by atoms with Crippen molar-refractivity contribution >= 4 is 22.2 Å². The van der Waals surface area contributed by atoms with Crippen molar-refractivity contribution in [3.05, 3.63) is 29.6 Å². The number of thiazole rings is 1. The summed E-state index contributed by atoms with van der Waals surface area (Å²) >= 11 is 0.569. The molecule has 0 bridgehead atoms. The number of nitrogens with zero attached hydrogens (tertiary/aromatic N) is 8. The standard InChI is InChI=1S/C21H25F3N8O3S/c1-4-35-20-25-7-14(8-26-20)17-18(36-19(28-17)21(22,23)24)30-5-6-32(13(2)9-30)16(33)10-31-12-27-15(29-31)11-34-3/h7-8,12-13H,4-6,9-11H2,1-3H3. The van der Waals surface area contributed by atoms with E-state index in [0.717, 1.165) is 0 Å². The van der Waals surface area contributed by atoms with Gasteiger partial charge in [-0.15, -0.1) is 0 Å². The minimum absolute atomic E-state index is 0.00853. The molecule has 0 N–H and O–H groups in total. The van der Waals surface area contributed by atoms with Crippen LogP contribution in [-0.4, -0.2) is 79.9 Å². The van der Waals surface area contributed by atoms with E-state index in [4.69, 9.17) is 9.47 Å². The molecule has 3 aromatic heterocycles. The average molecular weight is 527 g/mol. The molecule has 36 heavy (non-hydrogen) atoms. The van der Waals surface area contributed by atoms with E-state index in [9.17, 15) is 18.0 Å². The molecule has 1 amide bonds. The normalized spacial score (nSPS) is 16.4. The van der Waals surface area contributed by atoms with E-state index in [1.165, 1.54) is 30.5 Å². The molecule has 0 aliphatic carbocycles. The Kier molecular flexibility index (Phi) is 7.68. The topological polar surface area (TPSA) is 111 Å². The minimum atomic E-state index is -4.59. The van der Waals surface area contributed by atoms with E-state index < -0.39 is 11.2 Å². The fourth-order valence-electron chi connectivity index (χ4n) is 3.82. The maximum Gasteiger partial charge on any atom is 0.443 e. The summed E-state index contributed by atoms with van der Waals surface area (Å²) in [4.78, 5) is 32.5. The van der Waals surface area contributed by atoms with E-state index >= 15 is 0 Å². The molecule has 4 heterocycles. The molecule has 1 aliphatic rings. The quantitative estimate of drug-likeness (QED) is 0.437. The van der Waals surface area contributed by atoms with Crippen LogP contribution in [0.25, 0.3) is 11.3 Å². The summed E-state index contributed by atoms with van der Waals surface area (Å²) in [5.41, 5.74) is 0.500. The van der Waals surface area contributed by atoms with Gasteiger partial charge in [-0.1, -0.05) is 11.3 Å². The third-order valence-electron chi connectivity index (χ3n) is 5.42. The third-order valence-corrected chi connectivity index (χ3v) is 6.58. The largest absolute Gasteiger partial charge is 0.464 e. The predicted molar refractivity (Wildman–Crippen MR) is 123 cm³/mol. The maximum atomic E-state index is 13.5. The van der Waals surface area contributed by atoms with Gasteiger partial charge in [-0.25, -0.2) is 24.6 Å². The van der Waals surface area contributed by atoms with Crippen LogP contribution in [0.5, 0.6) is 6.01 Å². The van der Waals surface area contributed by atoms with Gasteiger partial charge in [0.25, 0.3) is 0 Å². The molecule has 4 rings (SSSR count).